The fraction of sp³-hybridized carbons (Fsp3) is 0.952. The van der Waals surface area contributed by atoms with Crippen molar-refractivity contribution in [3.8, 4) is 0 Å². The molecule has 0 aromatic carbocycles. The SMILES string of the molecule is CCCCCCCCCCCCCCCCCC(=O)OCC(O)CO.O=[N+]([O-])[O-].[Cu+]. The number of nitrogens with zero attached hydrogens (tertiary/aromatic N) is 1. The normalized spacial score (nSPS) is 11.0. The Morgan fingerprint density at radius 3 is 1.50 bits per heavy atom. The van der Waals surface area contributed by atoms with Gasteiger partial charge in [-0.05, 0) is 6.42 Å². The van der Waals surface area contributed by atoms with E-state index in [4.69, 9.17) is 30.3 Å². The largest absolute Gasteiger partial charge is 1.00 e. The molecule has 0 rings (SSSR count). The summed E-state index contributed by atoms with van der Waals surface area (Å²) >= 11 is 0. The molecule has 0 aliphatic heterocycles. The van der Waals surface area contributed by atoms with Gasteiger partial charge in [0, 0.05) is 6.42 Å². The number of rotatable bonds is 19. The summed E-state index contributed by atoms with van der Waals surface area (Å²) in [4.78, 5) is 19.6. The summed E-state index contributed by atoms with van der Waals surface area (Å²) in [6.45, 7) is 1.79. The van der Waals surface area contributed by atoms with Crippen molar-refractivity contribution in [2.75, 3.05) is 13.2 Å². The third kappa shape index (κ3) is 34.6. The third-order valence-electron chi connectivity index (χ3n) is 4.63. The van der Waals surface area contributed by atoms with Crippen molar-refractivity contribution in [3.05, 3.63) is 15.3 Å². The molecule has 8 nitrogen and oxygen atoms in total. The maximum absolute atomic E-state index is 11.4. The molecule has 2 N–H and O–H groups in total. The number of carbonyl (C=O) groups is 1. The minimum absolute atomic E-state index is 0. The van der Waals surface area contributed by atoms with E-state index in [0.717, 1.165) is 12.8 Å². The van der Waals surface area contributed by atoms with Gasteiger partial charge in [-0.3, -0.25) is 4.79 Å². The van der Waals surface area contributed by atoms with Crippen molar-refractivity contribution >= 4 is 5.97 Å². The number of ether oxygens (including phenoxy) is 1. The minimum Gasteiger partial charge on any atom is -0.463 e. The quantitative estimate of drug-likeness (QED) is 0.0876. The van der Waals surface area contributed by atoms with Gasteiger partial charge < -0.3 is 30.3 Å². The molecule has 0 amide bonds. The first kappa shape index (κ1) is 33.7. The van der Waals surface area contributed by atoms with E-state index in [1.807, 2.05) is 0 Å². The molecule has 0 aliphatic rings. The monoisotopic (exact) mass is 483 g/mol. The predicted molar refractivity (Wildman–Crippen MR) is 114 cm³/mol. The molecular weight excluding hydrogens is 442 g/mol. The van der Waals surface area contributed by atoms with Crippen molar-refractivity contribution in [3.63, 3.8) is 0 Å². The second kappa shape index (κ2) is 28.1. The number of hydrogen-bond acceptors (Lipinski definition) is 7. The smallest absolute Gasteiger partial charge is 0.463 e. The van der Waals surface area contributed by atoms with Gasteiger partial charge in [0.2, 0.25) is 0 Å². The Bertz CT molecular complexity index is 369. The van der Waals surface area contributed by atoms with Crippen LogP contribution in [0.2, 0.25) is 0 Å². The van der Waals surface area contributed by atoms with Gasteiger partial charge in [0.1, 0.15) is 12.7 Å². The van der Waals surface area contributed by atoms with Crippen LogP contribution in [0.5, 0.6) is 0 Å². The van der Waals surface area contributed by atoms with E-state index in [1.165, 1.54) is 83.5 Å². The van der Waals surface area contributed by atoms with E-state index in [1.54, 1.807) is 0 Å². The topological polar surface area (TPSA) is 133 Å². The molecule has 0 heterocycles. The van der Waals surface area contributed by atoms with Crippen LogP contribution < -0.4 is 0 Å². The molecule has 0 radical (unpaired) electrons. The van der Waals surface area contributed by atoms with Gasteiger partial charge >= 0.3 is 23.0 Å². The van der Waals surface area contributed by atoms with Crippen LogP contribution in [0.15, 0.2) is 0 Å². The van der Waals surface area contributed by atoms with Crippen LogP contribution in [0.1, 0.15) is 110 Å². The number of aliphatic hydroxyl groups is 2. The van der Waals surface area contributed by atoms with Gasteiger partial charge in [0.15, 0.2) is 0 Å². The Hall–Kier alpha value is -0.891. The zero-order valence-electron chi connectivity index (χ0n) is 18.5. The summed E-state index contributed by atoms with van der Waals surface area (Å²) in [6.07, 6.45) is 19.0. The maximum Gasteiger partial charge on any atom is 1.00 e. The number of aliphatic hydroxyl groups excluding tert-OH is 2. The molecule has 0 saturated heterocycles. The van der Waals surface area contributed by atoms with E-state index in [9.17, 15) is 4.79 Å². The van der Waals surface area contributed by atoms with Gasteiger partial charge in [-0.2, -0.15) is 0 Å². The second-order valence-electron chi connectivity index (χ2n) is 7.44. The second-order valence-corrected chi connectivity index (χ2v) is 7.44. The Labute approximate surface area is 192 Å². The van der Waals surface area contributed by atoms with E-state index >= 15 is 0 Å². The molecule has 184 valence electrons. The average Bonchev–Trinajstić information content (AvgIpc) is 2.68. The predicted octanol–water partition coefficient (Wildman–Crippen LogP) is 4.90. The fourth-order valence-electron chi connectivity index (χ4n) is 2.95. The van der Waals surface area contributed by atoms with Gasteiger partial charge in [-0.25, -0.2) is 0 Å². The Balaban J connectivity index is -0.00000133. The zero-order valence-corrected chi connectivity index (χ0v) is 19.4. The van der Waals surface area contributed by atoms with Crippen LogP contribution in [0, 0.1) is 15.3 Å². The molecule has 1 unspecified atom stereocenters. The zero-order chi connectivity index (χ0) is 22.2. The van der Waals surface area contributed by atoms with Gasteiger partial charge in [0.05, 0.1) is 11.7 Å². The summed E-state index contributed by atoms with van der Waals surface area (Å²) in [5.74, 6) is -0.276. The van der Waals surface area contributed by atoms with Crippen molar-refractivity contribution in [1.29, 1.82) is 0 Å². The Kier molecular flexibility index (Phi) is 31.6. The molecule has 0 bridgehead atoms. The van der Waals surface area contributed by atoms with Crippen LogP contribution >= 0.6 is 0 Å². The molecule has 0 spiro atoms. The first-order valence-corrected chi connectivity index (χ1v) is 11.2. The molecule has 0 aromatic rings. The van der Waals surface area contributed by atoms with Crippen LogP contribution in [-0.2, 0) is 26.6 Å². The van der Waals surface area contributed by atoms with E-state index < -0.39 is 11.2 Å². The van der Waals surface area contributed by atoms with Crippen molar-refractivity contribution in [2.24, 2.45) is 0 Å². The van der Waals surface area contributed by atoms with Gasteiger partial charge in [0.25, 0.3) is 0 Å². The van der Waals surface area contributed by atoms with E-state index in [-0.39, 0.29) is 36.3 Å². The number of esters is 1. The van der Waals surface area contributed by atoms with Gasteiger partial charge in [-0.1, -0.05) is 96.8 Å². The fourth-order valence-corrected chi connectivity index (χ4v) is 2.95. The Morgan fingerprint density at radius 2 is 1.17 bits per heavy atom. The summed E-state index contributed by atoms with van der Waals surface area (Å²) in [5.41, 5.74) is 0. The number of unbranched alkanes of at least 4 members (excludes halogenated alkanes) is 14. The van der Waals surface area contributed by atoms with E-state index in [0.29, 0.717) is 6.42 Å². The summed E-state index contributed by atoms with van der Waals surface area (Å²) in [5, 5.41) is 32.5. The van der Waals surface area contributed by atoms with Crippen LogP contribution in [0.4, 0.5) is 0 Å². The molecule has 0 fully saturated rings. The molecule has 0 aliphatic carbocycles. The molecule has 0 aromatic heterocycles. The molecule has 1 atom stereocenters. The van der Waals surface area contributed by atoms with Crippen LogP contribution in [0.25, 0.3) is 0 Å². The van der Waals surface area contributed by atoms with Crippen molar-refractivity contribution < 1.29 is 41.9 Å². The summed E-state index contributed by atoms with van der Waals surface area (Å²) in [7, 11) is 0. The minimum atomic E-state index is -1.75. The molecule has 0 saturated carbocycles. The summed E-state index contributed by atoms with van der Waals surface area (Å²) < 4.78 is 4.86. The number of carbonyl (C=O) groups excluding carboxylic acids is 1. The molecular formula is C21H42CuNO7. The summed E-state index contributed by atoms with van der Waals surface area (Å²) in [6, 6.07) is 0. The standard InChI is InChI=1S/C21H42O4.Cu.NO3/c1-2-3-4-5-6-7-8-9-10-11-12-13-14-15-16-17-21(24)25-19-20(23)18-22;;2-1(3)4/h20,22-23H,2-19H2,1H3;;/q;+1;-1. The van der Waals surface area contributed by atoms with Crippen molar-refractivity contribution in [2.45, 2.75) is 116 Å². The maximum atomic E-state index is 11.4. The average molecular weight is 484 g/mol. The van der Waals surface area contributed by atoms with Gasteiger partial charge in [-0.15, -0.1) is 0 Å². The Morgan fingerprint density at radius 1 is 0.833 bits per heavy atom. The molecule has 30 heavy (non-hydrogen) atoms. The first-order chi connectivity index (χ1) is 13.9. The van der Waals surface area contributed by atoms with Crippen LogP contribution in [0.3, 0.4) is 0 Å². The van der Waals surface area contributed by atoms with Crippen molar-refractivity contribution in [1.82, 2.24) is 0 Å². The molecule has 9 heteroatoms. The van der Waals surface area contributed by atoms with Crippen LogP contribution in [-0.4, -0.2) is 40.6 Å². The number of hydrogen-bond donors (Lipinski definition) is 2. The first-order valence-electron chi connectivity index (χ1n) is 11.2. The van der Waals surface area contributed by atoms with E-state index in [2.05, 4.69) is 6.92 Å². The third-order valence-corrected chi connectivity index (χ3v) is 4.63.